The molecule has 2 aromatic heterocycles. The second-order valence-electron chi connectivity index (χ2n) is 6.36. The standard InChI is InChI=1S/C19H19ClN4O2S2/c20-15-5-1-2-6-16(15)26-11-17-22-23-19(24(17)13-7-8-13)28-12-18(25)21-10-14-4-3-9-27-14/h1-6,9,13H,7-8,10-12H2,(H,21,25). The van der Waals surface area contributed by atoms with Crippen LogP contribution in [-0.4, -0.2) is 26.4 Å². The molecule has 0 unspecified atom stereocenters. The molecule has 1 aromatic carbocycles. The molecule has 0 bridgehead atoms. The van der Waals surface area contributed by atoms with Crippen molar-refractivity contribution in [2.45, 2.75) is 37.2 Å². The highest BCUT2D eigenvalue weighted by molar-refractivity contribution is 7.99. The van der Waals surface area contributed by atoms with Crippen LogP contribution in [0.3, 0.4) is 0 Å². The van der Waals surface area contributed by atoms with Crippen molar-refractivity contribution in [1.82, 2.24) is 20.1 Å². The van der Waals surface area contributed by atoms with Gasteiger partial charge in [0.25, 0.3) is 0 Å². The molecule has 2 heterocycles. The number of benzene rings is 1. The Morgan fingerprint density at radius 1 is 1.29 bits per heavy atom. The Labute approximate surface area is 176 Å². The van der Waals surface area contributed by atoms with Gasteiger partial charge in [0.2, 0.25) is 5.91 Å². The third-order valence-corrected chi connectivity index (χ3v) is 6.34. The SMILES string of the molecule is O=C(CSc1nnc(COc2ccccc2Cl)n1C1CC1)NCc1cccs1. The van der Waals surface area contributed by atoms with Crippen LogP contribution in [0.15, 0.2) is 46.9 Å². The van der Waals surface area contributed by atoms with Gasteiger partial charge in [-0.2, -0.15) is 0 Å². The van der Waals surface area contributed by atoms with Crippen LogP contribution in [0.25, 0.3) is 0 Å². The maximum absolute atomic E-state index is 12.1. The molecule has 1 aliphatic rings. The fourth-order valence-electron chi connectivity index (χ4n) is 2.69. The lowest BCUT2D eigenvalue weighted by Crippen LogP contribution is -2.24. The summed E-state index contributed by atoms with van der Waals surface area (Å²) in [5.41, 5.74) is 0. The lowest BCUT2D eigenvalue weighted by Gasteiger charge is -2.10. The number of thiophene rings is 1. The number of carbonyl (C=O) groups is 1. The van der Waals surface area contributed by atoms with Gasteiger partial charge in [0.1, 0.15) is 12.4 Å². The zero-order chi connectivity index (χ0) is 19.3. The van der Waals surface area contributed by atoms with Crippen LogP contribution in [0.5, 0.6) is 5.75 Å². The van der Waals surface area contributed by atoms with Gasteiger partial charge in [0, 0.05) is 10.9 Å². The van der Waals surface area contributed by atoms with Gasteiger partial charge in [-0.15, -0.1) is 21.5 Å². The summed E-state index contributed by atoms with van der Waals surface area (Å²) in [5, 5.41) is 14.8. The zero-order valence-corrected chi connectivity index (χ0v) is 17.4. The smallest absolute Gasteiger partial charge is 0.230 e. The van der Waals surface area contributed by atoms with E-state index in [1.807, 2.05) is 35.7 Å². The third-order valence-electron chi connectivity index (χ3n) is 4.21. The summed E-state index contributed by atoms with van der Waals surface area (Å²) >= 11 is 9.18. The van der Waals surface area contributed by atoms with Crippen LogP contribution in [0.4, 0.5) is 0 Å². The van der Waals surface area contributed by atoms with E-state index in [9.17, 15) is 4.79 Å². The minimum Gasteiger partial charge on any atom is -0.484 e. The summed E-state index contributed by atoms with van der Waals surface area (Å²) in [6, 6.07) is 11.7. The summed E-state index contributed by atoms with van der Waals surface area (Å²) < 4.78 is 7.91. The molecule has 1 saturated carbocycles. The van der Waals surface area contributed by atoms with Crippen molar-refractivity contribution in [2.75, 3.05) is 5.75 Å². The number of para-hydroxylation sites is 1. The highest BCUT2D eigenvalue weighted by atomic mass is 35.5. The van der Waals surface area contributed by atoms with E-state index in [0.29, 0.717) is 35.7 Å². The summed E-state index contributed by atoms with van der Waals surface area (Å²) in [5.74, 6) is 1.67. The summed E-state index contributed by atoms with van der Waals surface area (Å²) in [6.45, 7) is 0.849. The van der Waals surface area contributed by atoms with Crippen molar-refractivity contribution in [2.24, 2.45) is 0 Å². The van der Waals surface area contributed by atoms with Crippen molar-refractivity contribution < 1.29 is 9.53 Å². The first kappa shape index (κ1) is 19.3. The lowest BCUT2D eigenvalue weighted by molar-refractivity contribution is -0.118. The molecule has 1 N–H and O–H groups in total. The first-order valence-electron chi connectivity index (χ1n) is 8.93. The quantitative estimate of drug-likeness (QED) is 0.508. The minimum atomic E-state index is -0.0161. The number of nitrogens with zero attached hydrogens (tertiary/aromatic N) is 3. The van der Waals surface area contributed by atoms with E-state index in [1.165, 1.54) is 11.8 Å². The molecule has 28 heavy (non-hydrogen) atoms. The largest absolute Gasteiger partial charge is 0.484 e. The Morgan fingerprint density at radius 2 is 2.14 bits per heavy atom. The number of amides is 1. The van der Waals surface area contributed by atoms with Gasteiger partial charge in [-0.25, -0.2) is 0 Å². The van der Waals surface area contributed by atoms with E-state index < -0.39 is 0 Å². The molecule has 1 aliphatic carbocycles. The molecule has 0 atom stereocenters. The van der Waals surface area contributed by atoms with Crippen LogP contribution in [0.1, 0.15) is 29.6 Å². The van der Waals surface area contributed by atoms with Gasteiger partial charge in [-0.05, 0) is 36.4 Å². The monoisotopic (exact) mass is 434 g/mol. The van der Waals surface area contributed by atoms with Crippen molar-refractivity contribution in [3.05, 3.63) is 57.5 Å². The predicted molar refractivity (Wildman–Crippen MR) is 111 cm³/mol. The number of aromatic nitrogens is 3. The van der Waals surface area contributed by atoms with E-state index >= 15 is 0 Å². The van der Waals surface area contributed by atoms with E-state index in [1.54, 1.807) is 17.4 Å². The molecule has 1 amide bonds. The highest BCUT2D eigenvalue weighted by Gasteiger charge is 2.30. The first-order chi connectivity index (χ1) is 13.7. The van der Waals surface area contributed by atoms with E-state index in [4.69, 9.17) is 16.3 Å². The van der Waals surface area contributed by atoms with Gasteiger partial charge in [-0.1, -0.05) is 41.6 Å². The van der Waals surface area contributed by atoms with Gasteiger partial charge >= 0.3 is 0 Å². The van der Waals surface area contributed by atoms with Crippen molar-refractivity contribution in [3.63, 3.8) is 0 Å². The average Bonchev–Trinajstić information content (AvgIpc) is 3.24. The van der Waals surface area contributed by atoms with Crippen LogP contribution >= 0.6 is 34.7 Å². The number of halogens is 1. The van der Waals surface area contributed by atoms with E-state index in [-0.39, 0.29) is 5.91 Å². The Bertz CT molecular complexity index is 941. The molecule has 4 rings (SSSR count). The molecule has 9 heteroatoms. The summed E-state index contributed by atoms with van der Waals surface area (Å²) in [6.07, 6.45) is 2.19. The van der Waals surface area contributed by atoms with Crippen LogP contribution in [-0.2, 0) is 17.9 Å². The fourth-order valence-corrected chi connectivity index (χ4v) is 4.38. The van der Waals surface area contributed by atoms with E-state index in [2.05, 4.69) is 20.1 Å². The molecule has 0 radical (unpaired) electrons. The topological polar surface area (TPSA) is 69.0 Å². The summed E-state index contributed by atoms with van der Waals surface area (Å²) in [4.78, 5) is 13.3. The van der Waals surface area contributed by atoms with Gasteiger partial charge in [-0.3, -0.25) is 9.36 Å². The minimum absolute atomic E-state index is 0.0161. The normalized spacial score (nSPS) is 13.5. The molecule has 3 aromatic rings. The van der Waals surface area contributed by atoms with Crippen molar-refractivity contribution in [3.8, 4) is 5.75 Å². The Kier molecular flexibility index (Phi) is 6.19. The third kappa shape index (κ3) is 4.87. The maximum atomic E-state index is 12.1. The Morgan fingerprint density at radius 3 is 2.89 bits per heavy atom. The van der Waals surface area contributed by atoms with Crippen LogP contribution in [0, 0.1) is 0 Å². The number of carbonyl (C=O) groups excluding carboxylic acids is 1. The lowest BCUT2D eigenvalue weighted by atomic mass is 10.3. The predicted octanol–water partition coefficient (Wildman–Crippen LogP) is 4.32. The van der Waals surface area contributed by atoms with E-state index in [0.717, 1.165) is 28.7 Å². The molecule has 1 fully saturated rings. The number of rotatable bonds is 9. The number of ether oxygens (including phenoxy) is 1. The number of nitrogens with one attached hydrogen (secondary N) is 1. The van der Waals surface area contributed by atoms with Gasteiger partial charge < -0.3 is 10.1 Å². The van der Waals surface area contributed by atoms with Gasteiger partial charge in [0.05, 0.1) is 17.3 Å². The molecule has 0 saturated heterocycles. The molecular weight excluding hydrogens is 416 g/mol. The molecular formula is C19H19ClN4O2S2. The van der Waals surface area contributed by atoms with Crippen LogP contribution in [0.2, 0.25) is 5.02 Å². The van der Waals surface area contributed by atoms with Crippen LogP contribution < -0.4 is 10.1 Å². The first-order valence-corrected chi connectivity index (χ1v) is 11.2. The highest BCUT2D eigenvalue weighted by Crippen LogP contribution is 2.39. The number of thioether (sulfide) groups is 1. The average molecular weight is 435 g/mol. The Balaban J connectivity index is 1.35. The maximum Gasteiger partial charge on any atom is 0.230 e. The molecule has 0 spiro atoms. The molecule has 0 aliphatic heterocycles. The second kappa shape index (κ2) is 8.98. The summed E-state index contributed by atoms with van der Waals surface area (Å²) in [7, 11) is 0. The molecule has 146 valence electrons. The van der Waals surface area contributed by atoms with Crippen molar-refractivity contribution >= 4 is 40.6 Å². The number of hydrogen-bond donors (Lipinski definition) is 1. The fraction of sp³-hybridized carbons (Fsp3) is 0.316. The van der Waals surface area contributed by atoms with Gasteiger partial charge in [0.15, 0.2) is 11.0 Å². The Hall–Kier alpha value is -2.03. The number of hydrogen-bond acceptors (Lipinski definition) is 6. The zero-order valence-electron chi connectivity index (χ0n) is 15.0. The van der Waals surface area contributed by atoms with Crippen molar-refractivity contribution in [1.29, 1.82) is 0 Å². The second-order valence-corrected chi connectivity index (χ2v) is 8.75. The molecule has 6 nitrogen and oxygen atoms in total.